The number of hydrogen-bond acceptors (Lipinski definition) is 12. The zero-order valence-electron chi connectivity index (χ0n) is 24.9. The van der Waals surface area contributed by atoms with Crippen molar-refractivity contribution in [2.24, 2.45) is 0 Å². The fraction of sp³-hybridized carbons (Fsp3) is 0.242. The first kappa shape index (κ1) is 30.2. The number of benzene rings is 3. The van der Waals surface area contributed by atoms with Gasteiger partial charge >= 0.3 is 0 Å². The quantitative estimate of drug-likeness (QED) is 0.114. The third kappa shape index (κ3) is 4.23. The molecule has 2 amide bonds. The predicted octanol–water partition coefficient (Wildman–Crippen LogP) is 1.00. The molecular formula is C33H29N5O10. The highest BCUT2D eigenvalue weighted by molar-refractivity contribution is 6.39. The number of aromatic nitrogens is 3. The fourth-order valence-corrected chi connectivity index (χ4v) is 7.00. The van der Waals surface area contributed by atoms with Crippen molar-refractivity contribution in [3.05, 3.63) is 77.1 Å². The lowest BCUT2D eigenvalue weighted by molar-refractivity contribution is -0.249. The Hall–Kier alpha value is -5.13. The van der Waals surface area contributed by atoms with Crippen LogP contribution in [0.4, 0.5) is 0 Å². The SMILES string of the molecule is O=C1c2c(c3c4ccc(O)cc4n([C@@H]4O[C@H](CO)[C@@H](O)[C@H](O)[C@H]4O)c3c3[nH]c4cc(O)ccc4c23)C(=O)N1NCc1cc(CO)ccn1. The second-order valence-electron chi connectivity index (χ2n) is 12.0. The van der Waals surface area contributed by atoms with Gasteiger partial charge in [0.05, 0.1) is 58.6 Å². The van der Waals surface area contributed by atoms with Crippen molar-refractivity contribution in [2.75, 3.05) is 6.61 Å². The Morgan fingerprint density at radius 3 is 2.29 bits per heavy atom. The Bertz CT molecular complexity index is 2310. The summed E-state index contributed by atoms with van der Waals surface area (Å²) in [6.07, 6.45) is -6.34. The van der Waals surface area contributed by atoms with E-state index in [1.54, 1.807) is 24.3 Å². The van der Waals surface area contributed by atoms with Gasteiger partial charge in [-0.1, -0.05) is 0 Å². The highest BCUT2D eigenvalue weighted by Gasteiger charge is 2.47. The number of rotatable bonds is 6. The molecule has 0 spiro atoms. The van der Waals surface area contributed by atoms with E-state index in [2.05, 4.69) is 15.4 Å². The standard InChI is InChI=1S/C33H29N5O10/c39-11-13-5-6-34-14(7-13)10-35-38-31(46)24-22-17-3-1-15(41)8-19(17)36-26(22)27-23(25(24)32(38)47)18-4-2-16(42)9-20(18)37(27)33-30(45)29(44)28(43)21(12-40)48-33/h1-9,21,28-30,33,35-36,39-45H,10-12H2/t21-,28-,29+,30-,33-/m1/s1. The summed E-state index contributed by atoms with van der Waals surface area (Å²) in [7, 11) is 0. The number of fused-ring (bicyclic) bond motifs is 10. The van der Waals surface area contributed by atoms with Crippen molar-refractivity contribution in [1.29, 1.82) is 0 Å². The monoisotopic (exact) mass is 655 g/mol. The molecule has 9 N–H and O–H groups in total. The molecule has 3 aromatic carbocycles. The molecule has 0 radical (unpaired) electrons. The van der Waals surface area contributed by atoms with Crippen molar-refractivity contribution in [3.8, 4) is 11.5 Å². The van der Waals surface area contributed by atoms with Crippen molar-refractivity contribution >= 4 is 55.4 Å². The lowest BCUT2D eigenvalue weighted by Gasteiger charge is -2.41. The maximum atomic E-state index is 14.4. The van der Waals surface area contributed by atoms with E-state index >= 15 is 0 Å². The van der Waals surface area contributed by atoms with Crippen molar-refractivity contribution < 1.29 is 50.1 Å². The number of amides is 2. The van der Waals surface area contributed by atoms with Crippen LogP contribution in [0.25, 0.3) is 43.6 Å². The van der Waals surface area contributed by atoms with Crippen LogP contribution in [-0.2, 0) is 17.9 Å². The van der Waals surface area contributed by atoms with Crippen LogP contribution >= 0.6 is 0 Å². The Morgan fingerprint density at radius 2 is 1.56 bits per heavy atom. The van der Waals surface area contributed by atoms with Gasteiger partial charge in [-0.15, -0.1) is 0 Å². The minimum absolute atomic E-state index is 0.0140. The van der Waals surface area contributed by atoms with Crippen LogP contribution < -0.4 is 5.43 Å². The van der Waals surface area contributed by atoms with Crippen LogP contribution in [0.2, 0.25) is 0 Å². The molecule has 8 rings (SSSR count). The lowest BCUT2D eigenvalue weighted by Crippen LogP contribution is -2.56. The highest BCUT2D eigenvalue weighted by atomic mass is 16.6. The molecule has 0 aliphatic carbocycles. The molecule has 2 aliphatic heterocycles. The highest BCUT2D eigenvalue weighted by Crippen LogP contribution is 2.47. The summed E-state index contributed by atoms with van der Waals surface area (Å²) in [5.74, 6) is -1.60. The average Bonchev–Trinajstić information content (AvgIpc) is 3.69. The van der Waals surface area contributed by atoms with Gasteiger partial charge in [0, 0.05) is 39.9 Å². The summed E-state index contributed by atoms with van der Waals surface area (Å²) in [6.45, 7) is -0.944. The molecule has 6 aromatic rings. The number of nitrogens with zero attached hydrogens (tertiary/aromatic N) is 3. The summed E-state index contributed by atoms with van der Waals surface area (Å²) in [5.41, 5.74) is 5.25. The molecule has 3 aromatic heterocycles. The number of imide groups is 1. The number of aliphatic hydroxyl groups is 5. The van der Waals surface area contributed by atoms with Gasteiger partial charge in [0.15, 0.2) is 6.23 Å². The molecular weight excluding hydrogens is 626 g/mol. The van der Waals surface area contributed by atoms with Crippen LogP contribution in [0.1, 0.15) is 38.2 Å². The minimum Gasteiger partial charge on any atom is -0.508 e. The predicted molar refractivity (Wildman–Crippen MR) is 169 cm³/mol. The molecule has 0 bridgehead atoms. The number of carbonyl (C=O) groups excluding carboxylic acids is 2. The van der Waals surface area contributed by atoms with Gasteiger partial charge in [-0.3, -0.25) is 14.6 Å². The van der Waals surface area contributed by atoms with E-state index in [0.717, 1.165) is 5.01 Å². The van der Waals surface area contributed by atoms with Gasteiger partial charge in [-0.25, -0.2) is 10.4 Å². The van der Waals surface area contributed by atoms with Gasteiger partial charge in [0.25, 0.3) is 11.8 Å². The fourth-order valence-electron chi connectivity index (χ4n) is 7.00. The molecule has 1 saturated heterocycles. The first-order valence-electron chi connectivity index (χ1n) is 15.1. The molecule has 5 atom stereocenters. The van der Waals surface area contributed by atoms with E-state index in [-0.39, 0.29) is 52.2 Å². The zero-order valence-corrected chi connectivity index (χ0v) is 24.9. The van der Waals surface area contributed by atoms with E-state index in [0.29, 0.717) is 38.4 Å². The third-order valence-corrected chi connectivity index (χ3v) is 9.19. The molecule has 5 heterocycles. The van der Waals surface area contributed by atoms with Crippen LogP contribution in [-0.4, -0.2) is 98.1 Å². The van der Waals surface area contributed by atoms with Crippen LogP contribution in [0, 0.1) is 0 Å². The lowest BCUT2D eigenvalue weighted by atomic mass is 9.96. The average molecular weight is 656 g/mol. The van der Waals surface area contributed by atoms with Crippen LogP contribution in [0.15, 0.2) is 54.7 Å². The number of ether oxygens (including phenoxy) is 1. The number of hydrazine groups is 1. The summed E-state index contributed by atoms with van der Waals surface area (Å²) < 4.78 is 7.45. The van der Waals surface area contributed by atoms with Crippen molar-refractivity contribution in [1.82, 2.24) is 25.0 Å². The molecule has 15 nitrogen and oxygen atoms in total. The second kappa shape index (κ2) is 11.0. The maximum Gasteiger partial charge on any atom is 0.276 e. The number of H-pyrrole nitrogens is 1. The number of pyridine rings is 1. The third-order valence-electron chi connectivity index (χ3n) is 9.19. The molecule has 0 saturated carbocycles. The van der Waals surface area contributed by atoms with Crippen LogP contribution in [0.3, 0.4) is 0 Å². The van der Waals surface area contributed by atoms with E-state index < -0.39 is 49.1 Å². The Labute approximate surface area is 269 Å². The normalized spacial score (nSPS) is 22.9. The number of nitrogens with one attached hydrogen (secondary N) is 2. The number of hydrogen-bond donors (Lipinski definition) is 9. The number of phenols is 2. The van der Waals surface area contributed by atoms with Gasteiger partial charge in [-0.05, 0) is 42.0 Å². The maximum absolute atomic E-state index is 14.4. The Kier molecular flexibility index (Phi) is 6.90. The molecule has 15 heteroatoms. The van der Waals surface area contributed by atoms with Crippen LogP contribution in [0.5, 0.6) is 11.5 Å². The first-order chi connectivity index (χ1) is 23.1. The molecule has 1 fully saturated rings. The smallest absolute Gasteiger partial charge is 0.276 e. The topological polar surface area (TPSA) is 234 Å². The molecule has 0 unspecified atom stereocenters. The van der Waals surface area contributed by atoms with E-state index in [4.69, 9.17) is 4.74 Å². The van der Waals surface area contributed by atoms with Gasteiger partial charge < -0.3 is 50.0 Å². The molecule has 246 valence electrons. The van der Waals surface area contributed by atoms with Crippen molar-refractivity contribution in [2.45, 2.75) is 43.8 Å². The van der Waals surface area contributed by atoms with Gasteiger partial charge in [0.2, 0.25) is 0 Å². The number of aromatic amines is 1. The summed E-state index contributed by atoms with van der Waals surface area (Å²) in [4.78, 5) is 36.1. The minimum atomic E-state index is -1.74. The van der Waals surface area contributed by atoms with E-state index in [1.165, 1.54) is 35.0 Å². The Morgan fingerprint density at radius 1 is 0.854 bits per heavy atom. The number of carbonyl (C=O) groups is 2. The van der Waals surface area contributed by atoms with E-state index in [9.17, 15) is 45.3 Å². The number of aromatic hydroxyl groups is 2. The van der Waals surface area contributed by atoms with Gasteiger partial charge in [-0.2, -0.15) is 0 Å². The number of phenolic OH excluding ortho intramolecular Hbond substituents is 2. The van der Waals surface area contributed by atoms with E-state index in [1.807, 2.05) is 0 Å². The van der Waals surface area contributed by atoms with Gasteiger partial charge in [0.1, 0.15) is 35.9 Å². The second-order valence-corrected chi connectivity index (χ2v) is 12.0. The van der Waals surface area contributed by atoms with Crippen molar-refractivity contribution in [3.63, 3.8) is 0 Å². The zero-order chi connectivity index (χ0) is 33.6. The summed E-state index contributed by atoms with van der Waals surface area (Å²) in [5, 5.41) is 75.3. The number of aliphatic hydroxyl groups excluding tert-OH is 5. The summed E-state index contributed by atoms with van der Waals surface area (Å²) >= 11 is 0. The largest absolute Gasteiger partial charge is 0.508 e. The first-order valence-corrected chi connectivity index (χ1v) is 15.1. The Balaban J connectivity index is 1.43. The molecule has 2 aliphatic rings. The molecule has 48 heavy (non-hydrogen) atoms. The summed E-state index contributed by atoms with van der Waals surface area (Å²) in [6, 6.07) is 12.1.